The molecule has 7 heteroatoms. The SMILES string of the molecule is Cc1nc(SC(C)C(=O)N2CCCC(C(N)=O)C2)n(CC(C)C)c1C. The zero-order chi connectivity index (χ0) is 18.7. The number of hydrogen-bond acceptors (Lipinski definition) is 4. The van der Waals surface area contributed by atoms with Gasteiger partial charge in [-0.15, -0.1) is 0 Å². The lowest BCUT2D eigenvalue weighted by molar-refractivity contribution is -0.134. The fraction of sp³-hybridized carbons (Fsp3) is 0.722. The van der Waals surface area contributed by atoms with Crippen LogP contribution in [0.5, 0.6) is 0 Å². The molecule has 1 aliphatic rings. The molecule has 2 heterocycles. The highest BCUT2D eigenvalue weighted by Gasteiger charge is 2.30. The van der Waals surface area contributed by atoms with E-state index in [1.165, 1.54) is 11.8 Å². The number of nitrogens with zero attached hydrogens (tertiary/aromatic N) is 3. The molecule has 2 unspecified atom stereocenters. The van der Waals surface area contributed by atoms with Crippen LogP contribution in [0.25, 0.3) is 0 Å². The van der Waals surface area contributed by atoms with Gasteiger partial charge in [0.15, 0.2) is 5.16 Å². The third-order valence-electron chi connectivity index (χ3n) is 4.74. The van der Waals surface area contributed by atoms with Gasteiger partial charge in [-0.2, -0.15) is 0 Å². The van der Waals surface area contributed by atoms with Gasteiger partial charge in [-0.25, -0.2) is 4.98 Å². The number of carbonyl (C=O) groups is 2. The number of likely N-dealkylation sites (tertiary alicyclic amines) is 1. The Morgan fingerprint density at radius 3 is 2.60 bits per heavy atom. The Morgan fingerprint density at radius 1 is 1.32 bits per heavy atom. The van der Waals surface area contributed by atoms with Gasteiger partial charge < -0.3 is 15.2 Å². The molecule has 1 fully saturated rings. The number of imidazole rings is 1. The van der Waals surface area contributed by atoms with Crippen LogP contribution < -0.4 is 5.73 Å². The fourth-order valence-corrected chi connectivity index (χ4v) is 4.26. The number of carbonyl (C=O) groups excluding carboxylic acids is 2. The van der Waals surface area contributed by atoms with Gasteiger partial charge >= 0.3 is 0 Å². The third-order valence-corrected chi connectivity index (χ3v) is 5.81. The van der Waals surface area contributed by atoms with E-state index in [9.17, 15) is 9.59 Å². The molecule has 25 heavy (non-hydrogen) atoms. The number of hydrogen-bond donors (Lipinski definition) is 1. The van der Waals surface area contributed by atoms with Crippen LogP contribution >= 0.6 is 11.8 Å². The van der Waals surface area contributed by atoms with Crippen molar-refractivity contribution in [3.05, 3.63) is 11.4 Å². The van der Waals surface area contributed by atoms with E-state index in [1.54, 1.807) is 4.90 Å². The zero-order valence-electron chi connectivity index (χ0n) is 15.9. The third kappa shape index (κ3) is 4.77. The maximum absolute atomic E-state index is 12.8. The van der Waals surface area contributed by atoms with Crippen molar-refractivity contribution in [1.29, 1.82) is 0 Å². The van der Waals surface area contributed by atoms with Gasteiger partial charge in [-0.1, -0.05) is 25.6 Å². The van der Waals surface area contributed by atoms with E-state index < -0.39 is 0 Å². The second-order valence-electron chi connectivity index (χ2n) is 7.36. The number of rotatable bonds is 6. The highest BCUT2D eigenvalue weighted by Crippen LogP contribution is 2.28. The van der Waals surface area contributed by atoms with Crippen LogP contribution in [0.15, 0.2) is 5.16 Å². The molecule has 1 saturated heterocycles. The first kappa shape index (κ1) is 19.8. The Bertz CT molecular complexity index is 641. The number of piperidine rings is 1. The molecule has 2 amide bonds. The molecule has 2 atom stereocenters. The molecule has 0 saturated carbocycles. The summed E-state index contributed by atoms with van der Waals surface area (Å²) in [6.45, 7) is 12.4. The highest BCUT2D eigenvalue weighted by atomic mass is 32.2. The van der Waals surface area contributed by atoms with Crippen molar-refractivity contribution in [2.45, 2.75) is 64.4 Å². The molecule has 1 aliphatic heterocycles. The molecule has 0 aromatic carbocycles. The van der Waals surface area contributed by atoms with Crippen LogP contribution in [0.2, 0.25) is 0 Å². The topological polar surface area (TPSA) is 81.2 Å². The Morgan fingerprint density at radius 2 is 2.00 bits per heavy atom. The first-order valence-corrected chi connectivity index (χ1v) is 9.87. The molecule has 2 N–H and O–H groups in total. The van der Waals surface area contributed by atoms with E-state index in [2.05, 4.69) is 30.3 Å². The standard InChI is InChI=1S/C18H30N4O2S/c1-11(2)9-22-13(4)12(3)20-18(22)25-14(5)17(24)21-8-6-7-15(10-21)16(19)23/h11,14-15H,6-10H2,1-5H3,(H2,19,23). The van der Waals surface area contributed by atoms with E-state index >= 15 is 0 Å². The molecular weight excluding hydrogens is 336 g/mol. The lowest BCUT2D eigenvalue weighted by Gasteiger charge is -2.32. The van der Waals surface area contributed by atoms with E-state index in [0.29, 0.717) is 19.0 Å². The van der Waals surface area contributed by atoms with Gasteiger partial charge in [0.25, 0.3) is 0 Å². The number of aromatic nitrogens is 2. The quantitative estimate of drug-likeness (QED) is 0.784. The normalized spacial score (nSPS) is 19.3. The maximum atomic E-state index is 12.8. The van der Waals surface area contributed by atoms with Crippen LogP contribution in [0.4, 0.5) is 0 Å². The average Bonchev–Trinajstić information content (AvgIpc) is 2.81. The zero-order valence-corrected chi connectivity index (χ0v) is 16.7. The first-order valence-electron chi connectivity index (χ1n) is 8.99. The van der Waals surface area contributed by atoms with Crippen molar-refractivity contribution in [1.82, 2.24) is 14.5 Å². The van der Waals surface area contributed by atoms with Gasteiger partial charge in [0.1, 0.15) is 0 Å². The smallest absolute Gasteiger partial charge is 0.235 e. The second kappa shape index (κ2) is 8.25. The van der Waals surface area contributed by atoms with Crippen LogP contribution in [0, 0.1) is 25.7 Å². The Balaban J connectivity index is 2.08. The van der Waals surface area contributed by atoms with Gasteiger partial charge in [0, 0.05) is 25.3 Å². The molecule has 1 aromatic heterocycles. The Kier molecular flexibility index (Phi) is 6.54. The first-order chi connectivity index (χ1) is 11.7. The molecule has 0 bridgehead atoms. The predicted molar refractivity (Wildman–Crippen MR) is 100 cm³/mol. The average molecular weight is 367 g/mol. The summed E-state index contributed by atoms with van der Waals surface area (Å²) in [6, 6.07) is 0. The summed E-state index contributed by atoms with van der Waals surface area (Å²) >= 11 is 1.50. The second-order valence-corrected chi connectivity index (χ2v) is 8.66. The van der Waals surface area contributed by atoms with Crippen LogP contribution in [0.3, 0.4) is 0 Å². The minimum absolute atomic E-state index is 0.0605. The Labute approximate surface area is 154 Å². The lowest BCUT2D eigenvalue weighted by Crippen LogP contribution is -2.46. The van der Waals surface area contributed by atoms with Crippen molar-refractivity contribution in [2.75, 3.05) is 13.1 Å². The van der Waals surface area contributed by atoms with Crippen LogP contribution in [-0.2, 0) is 16.1 Å². The molecule has 140 valence electrons. The van der Waals surface area contributed by atoms with Gasteiger partial charge in [0.2, 0.25) is 11.8 Å². The van der Waals surface area contributed by atoms with Gasteiger partial charge in [-0.3, -0.25) is 9.59 Å². The molecule has 0 aliphatic carbocycles. The summed E-state index contributed by atoms with van der Waals surface area (Å²) in [5.41, 5.74) is 7.58. The minimum atomic E-state index is -0.309. The van der Waals surface area contributed by atoms with Crippen LogP contribution in [-0.4, -0.2) is 44.6 Å². The number of aryl methyl sites for hydroxylation is 1. The summed E-state index contributed by atoms with van der Waals surface area (Å²) < 4.78 is 2.21. The molecule has 0 radical (unpaired) electrons. The van der Waals surface area contributed by atoms with Crippen molar-refractivity contribution >= 4 is 23.6 Å². The van der Waals surface area contributed by atoms with Gasteiger partial charge in [0.05, 0.1) is 16.9 Å². The van der Waals surface area contributed by atoms with Crippen LogP contribution in [0.1, 0.15) is 45.0 Å². The molecular formula is C18H30N4O2S. The van der Waals surface area contributed by atoms with Crippen molar-refractivity contribution in [3.63, 3.8) is 0 Å². The lowest BCUT2D eigenvalue weighted by atomic mass is 9.97. The van der Waals surface area contributed by atoms with E-state index in [1.807, 2.05) is 13.8 Å². The van der Waals surface area contributed by atoms with E-state index in [4.69, 9.17) is 5.73 Å². The summed E-state index contributed by atoms with van der Waals surface area (Å²) in [5, 5.41) is 0.659. The predicted octanol–water partition coefficient (Wildman–Crippen LogP) is 2.36. The monoisotopic (exact) mass is 366 g/mol. The van der Waals surface area contributed by atoms with E-state index in [0.717, 1.165) is 35.9 Å². The molecule has 1 aromatic rings. The summed E-state index contributed by atoms with van der Waals surface area (Å²) in [4.78, 5) is 30.7. The minimum Gasteiger partial charge on any atom is -0.369 e. The molecule has 0 spiro atoms. The summed E-state index contributed by atoms with van der Waals surface area (Å²) in [6.07, 6.45) is 1.61. The number of nitrogens with two attached hydrogens (primary N) is 1. The van der Waals surface area contributed by atoms with Crippen molar-refractivity contribution < 1.29 is 9.59 Å². The number of amides is 2. The highest BCUT2D eigenvalue weighted by molar-refractivity contribution is 8.00. The van der Waals surface area contributed by atoms with Crippen molar-refractivity contribution in [2.24, 2.45) is 17.6 Å². The Hall–Kier alpha value is -1.50. The van der Waals surface area contributed by atoms with Gasteiger partial charge in [-0.05, 0) is 39.5 Å². The fourth-order valence-electron chi connectivity index (χ4n) is 3.17. The van der Waals surface area contributed by atoms with Crippen molar-refractivity contribution in [3.8, 4) is 0 Å². The van der Waals surface area contributed by atoms with E-state index in [-0.39, 0.29) is 23.0 Å². The largest absolute Gasteiger partial charge is 0.369 e. The molecule has 6 nitrogen and oxygen atoms in total. The number of thioether (sulfide) groups is 1. The summed E-state index contributed by atoms with van der Waals surface area (Å²) in [5.74, 6) is 0.0419. The summed E-state index contributed by atoms with van der Waals surface area (Å²) in [7, 11) is 0. The molecule has 2 rings (SSSR count). The maximum Gasteiger partial charge on any atom is 0.235 e. The number of primary amides is 1.